The van der Waals surface area contributed by atoms with Crippen LogP contribution >= 0.6 is 0 Å². The average Bonchev–Trinajstić information content (AvgIpc) is 2.36. The van der Waals surface area contributed by atoms with Crippen LogP contribution in [0.15, 0.2) is 12.4 Å². The van der Waals surface area contributed by atoms with Crippen molar-refractivity contribution in [2.75, 3.05) is 13.6 Å². The van der Waals surface area contributed by atoms with Crippen molar-refractivity contribution in [1.82, 2.24) is 15.1 Å². The molecule has 0 radical (unpaired) electrons. The topological polar surface area (TPSA) is 50.1 Å². The van der Waals surface area contributed by atoms with Gasteiger partial charge >= 0.3 is 0 Å². The van der Waals surface area contributed by atoms with Crippen molar-refractivity contribution in [3.63, 3.8) is 0 Å². The second-order valence-electron chi connectivity index (χ2n) is 2.95. The van der Waals surface area contributed by atoms with E-state index in [0.717, 1.165) is 5.56 Å². The van der Waals surface area contributed by atoms with Crippen molar-refractivity contribution in [3.8, 4) is 0 Å². The van der Waals surface area contributed by atoms with Crippen LogP contribution in [-0.4, -0.2) is 34.6 Å². The standard InChI is InChI=1S/C8H15N3O/c1-7-3-10-11(5-7)6-8(12)4-9-2/h3,5,8-9,12H,4,6H2,1-2H3. The molecule has 0 bridgehead atoms. The predicted molar refractivity (Wildman–Crippen MR) is 46.9 cm³/mol. The molecule has 0 aliphatic carbocycles. The van der Waals surface area contributed by atoms with Crippen LogP contribution in [0.5, 0.6) is 0 Å². The first-order valence-electron chi connectivity index (χ1n) is 4.04. The zero-order chi connectivity index (χ0) is 8.97. The molecule has 0 spiro atoms. The third-order valence-electron chi connectivity index (χ3n) is 1.60. The number of rotatable bonds is 4. The molecule has 1 rings (SSSR count). The summed E-state index contributed by atoms with van der Waals surface area (Å²) in [6, 6.07) is 0. The minimum atomic E-state index is -0.366. The largest absolute Gasteiger partial charge is 0.390 e. The third kappa shape index (κ3) is 2.64. The Labute approximate surface area is 72.2 Å². The molecule has 68 valence electrons. The van der Waals surface area contributed by atoms with E-state index in [1.807, 2.05) is 20.2 Å². The first kappa shape index (κ1) is 9.22. The maximum Gasteiger partial charge on any atom is 0.0860 e. The summed E-state index contributed by atoms with van der Waals surface area (Å²) in [4.78, 5) is 0. The van der Waals surface area contributed by atoms with Crippen LogP contribution in [0.2, 0.25) is 0 Å². The molecule has 1 aromatic rings. The Morgan fingerprint density at radius 2 is 2.50 bits per heavy atom. The van der Waals surface area contributed by atoms with Gasteiger partial charge in [-0.3, -0.25) is 4.68 Å². The van der Waals surface area contributed by atoms with Crippen LogP contribution in [0.4, 0.5) is 0 Å². The van der Waals surface area contributed by atoms with E-state index in [9.17, 15) is 5.11 Å². The van der Waals surface area contributed by atoms with Gasteiger partial charge in [0.15, 0.2) is 0 Å². The summed E-state index contributed by atoms with van der Waals surface area (Å²) in [6.45, 7) is 3.13. The van der Waals surface area contributed by atoms with Gasteiger partial charge in [-0.2, -0.15) is 5.10 Å². The van der Waals surface area contributed by atoms with Crippen molar-refractivity contribution in [3.05, 3.63) is 18.0 Å². The number of hydrogen-bond acceptors (Lipinski definition) is 3. The van der Waals surface area contributed by atoms with Crippen LogP contribution in [0.3, 0.4) is 0 Å². The maximum absolute atomic E-state index is 9.39. The number of hydrogen-bond donors (Lipinski definition) is 2. The summed E-state index contributed by atoms with van der Waals surface area (Å²) < 4.78 is 1.75. The number of aromatic nitrogens is 2. The molecule has 0 aromatic carbocycles. The van der Waals surface area contributed by atoms with Crippen molar-refractivity contribution >= 4 is 0 Å². The van der Waals surface area contributed by atoms with Gasteiger partial charge in [-0.15, -0.1) is 0 Å². The van der Waals surface area contributed by atoms with E-state index in [4.69, 9.17) is 0 Å². The Kier molecular flexibility index (Phi) is 3.25. The molecular formula is C8H15N3O. The monoisotopic (exact) mass is 169 g/mol. The lowest BCUT2D eigenvalue weighted by Crippen LogP contribution is -2.27. The minimum absolute atomic E-state index is 0.366. The third-order valence-corrected chi connectivity index (χ3v) is 1.60. The molecule has 0 saturated heterocycles. The minimum Gasteiger partial charge on any atom is -0.390 e. The molecule has 1 heterocycles. The fourth-order valence-electron chi connectivity index (χ4n) is 1.08. The number of nitrogens with one attached hydrogen (secondary N) is 1. The molecule has 0 fully saturated rings. The molecule has 0 saturated carbocycles. The lowest BCUT2D eigenvalue weighted by atomic mass is 10.3. The Balaban J connectivity index is 2.41. The number of aliphatic hydroxyl groups is 1. The van der Waals surface area contributed by atoms with E-state index in [0.29, 0.717) is 13.1 Å². The van der Waals surface area contributed by atoms with Gasteiger partial charge in [-0.25, -0.2) is 0 Å². The summed E-state index contributed by atoms with van der Waals surface area (Å²) in [5.41, 5.74) is 1.12. The lowest BCUT2D eigenvalue weighted by Gasteiger charge is -2.08. The second kappa shape index (κ2) is 4.23. The maximum atomic E-state index is 9.39. The number of aliphatic hydroxyl groups excluding tert-OH is 1. The summed E-state index contributed by atoms with van der Waals surface area (Å²) in [5, 5.41) is 16.4. The number of likely N-dealkylation sites (N-methyl/N-ethyl adjacent to an activating group) is 1. The van der Waals surface area contributed by atoms with Crippen LogP contribution in [-0.2, 0) is 6.54 Å². The molecule has 1 aromatic heterocycles. The van der Waals surface area contributed by atoms with Gasteiger partial charge in [0.1, 0.15) is 0 Å². The highest BCUT2D eigenvalue weighted by molar-refractivity contribution is 4.99. The van der Waals surface area contributed by atoms with E-state index >= 15 is 0 Å². The number of aryl methyl sites for hydroxylation is 1. The highest BCUT2D eigenvalue weighted by atomic mass is 16.3. The highest BCUT2D eigenvalue weighted by Crippen LogP contribution is 1.95. The predicted octanol–water partition coefficient (Wildman–Crippen LogP) is -0.228. The van der Waals surface area contributed by atoms with Gasteiger partial charge < -0.3 is 10.4 Å². The Hall–Kier alpha value is -0.870. The van der Waals surface area contributed by atoms with Crippen molar-refractivity contribution < 1.29 is 5.11 Å². The van der Waals surface area contributed by atoms with E-state index in [2.05, 4.69) is 10.4 Å². The van der Waals surface area contributed by atoms with Gasteiger partial charge in [0.2, 0.25) is 0 Å². The molecule has 1 atom stereocenters. The molecule has 4 nitrogen and oxygen atoms in total. The van der Waals surface area contributed by atoms with Crippen molar-refractivity contribution in [2.45, 2.75) is 19.6 Å². The zero-order valence-electron chi connectivity index (χ0n) is 7.49. The fraction of sp³-hybridized carbons (Fsp3) is 0.625. The molecule has 2 N–H and O–H groups in total. The molecule has 1 unspecified atom stereocenters. The van der Waals surface area contributed by atoms with Crippen molar-refractivity contribution in [2.24, 2.45) is 0 Å². The highest BCUT2D eigenvalue weighted by Gasteiger charge is 2.03. The first-order chi connectivity index (χ1) is 5.72. The van der Waals surface area contributed by atoms with Crippen LogP contribution in [0.1, 0.15) is 5.56 Å². The molecule has 12 heavy (non-hydrogen) atoms. The smallest absolute Gasteiger partial charge is 0.0860 e. The summed E-state index contributed by atoms with van der Waals surface area (Å²) in [5.74, 6) is 0. The normalized spacial score (nSPS) is 13.2. The molecule has 0 aliphatic heterocycles. The summed E-state index contributed by atoms with van der Waals surface area (Å²) in [7, 11) is 1.82. The summed E-state index contributed by atoms with van der Waals surface area (Å²) >= 11 is 0. The SMILES string of the molecule is CNCC(O)Cn1cc(C)cn1. The van der Waals surface area contributed by atoms with E-state index < -0.39 is 0 Å². The summed E-state index contributed by atoms with van der Waals surface area (Å²) in [6.07, 6.45) is 3.33. The van der Waals surface area contributed by atoms with Crippen molar-refractivity contribution in [1.29, 1.82) is 0 Å². The van der Waals surface area contributed by atoms with E-state index in [1.165, 1.54) is 0 Å². The van der Waals surface area contributed by atoms with Crippen LogP contribution < -0.4 is 5.32 Å². The van der Waals surface area contributed by atoms with Gasteiger partial charge in [0, 0.05) is 12.7 Å². The zero-order valence-corrected chi connectivity index (χ0v) is 7.49. The lowest BCUT2D eigenvalue weighted by molar-refractivity contribution is 0.149. The van der Waals surface area contributed by atoms with E-state index in [1.54, 1.807) is 10.9 Å². The fourth-order valence-corrected chi connectivity index (χ4v) is 1.08. The van der Waals surface area contributed by atoms with Crippen LogP contribution in [0, 0.1) is 6.92 Å². The quantitative estimate of drug-likeness (QED) is 0.654. The molecule has 0 aliphatic rings. The Morgan fingerprint density at radius 1 is 1.75 bits per heavy atom. The first-order valence-corrected chi connectivity index (χ1v) is 4.04. The van der Waals surface area contributed by atoms with E-state index in [-0.39, 0.29) is 6.10 Å². The Bertz CT molecular complexity index is 234. The van der Waals surface area contributed by atoms with Gasteiger partial charge in [0.25, 0.3) is 0 Å². The number of nitrogens with zero attached hydrogens (tertiary/aromatic N) is 2. The Morgan fingerprint density at radius 3 is 3.00 bits per heavy atom. The molecule has 4 heteroatoms. The molecule has 0 amide bonds. The van der Waals surface area contributed by atoms with Gasteiger partial charge in [0.05, 0.1) is 18.8 Å². The van der Waals surface area contributed by atoms with Gasteiger partial charge in [-0.1, -0.05) is 0 Å². The van der Waals surface area contributed by atoms with Gasteiger partial charge in [-0.05, 0) is 19.5 Å². The second-order valence-corrected chi connectivity index (χ2v) is 2.95. The molecular weight excluding hydrogens is 154 g/mol. The average molecular weight is 169 g/mol. The van der Waals surface area contributed by atoms with Crippen LogP contribution in [0.25, 0.3) is 0 Å².